The molecule has 0 N–H and O–H groups in total. The molecule has 5 heteroatoms. The number of halogens is 1. The standard InChI is InChI=1S/C15H20FNO3/c1-9(2)17(5)14(18)11(4)20-15(19)12-7-6-10(3)8-13(12)16/h6-9,11H,1-5H3. The van der Waals surface area contributed by atoms with Gasteiger partial charge in [0, 0.05) is 13.1 Å². The Morgan fingerprint density at radius 1 is 1.25 bits per heavy atom. The Bertz CT molecular complexity index is 514. The number of rotatable bonds is 4. The first-order valence-corrected chi connectivity index (χ1v) is 6.47. The van der Waals surface area contributed by atoms with Crippen molar-refractivity contribution in [1.29, 1.82) is 0 Å². The number of amides is 1. The second-order valence-electron chi connectivity index (χ2n) is 5.07. The fourth-order valence-corrected chi connectivity index (χ4v) is 1.60. The van der Waals surface area contributed by atoms with Crippen LogP contribution < -0.4 is 0 Å². The lowest BCUT2D eigenvalue weighted by atomic mass is 10.1. The molecule has 0 aromatic heterocycles. The monoisotopic (exact) mass is 281 g/mol. The van der Waals surface area contributed by atoms with Crippen molar-refractivity contribution in [2.75, 3.05) is 7.05 Å². The van der Waals surface area contributed by atoms with Crippen molar-refractivity contribution in [2.24, 2.45) is 0 Å². The summed E-state index contributed by atoms with van der Waals surface area (Å²) in [5, 5.41) is 0. The summed E-state index contributed by atoms with van der Waals surface area (Å²) in [4.78, 5) is 25.3. The third-order valence-corrected chi connectivity index (χ3v) is 3.10. The van der Waals surface area contributed by atoms with Crippen LogP contribution in [0, 0.1) is 12.7 Å². The van der Waals surface area contributed by atoms with Gasteiger partial charge in [-0.3, -0.25) is 4.79 Å². The number of benzene rings is 1. The van der Waals surface area contributed by atoms with Crippen LogP contribution in [0.25, 0.3) is 0 Å². The highest BCUT2D eigenvalue weighted by molar-refractivity contribution is 5.92. The molecular weight excluding hydrogens is 261 g/mol. The van der Waals surface area contributed by atoms with Crippen molar-refractivity contribution in [3.05, 3.63) is 35.1 Å². The fraction of sp³-hybridized carbons (Fsp3) is 0.467. The minimum Gasteiger partial charge on any atom is -0.449 e. The maximum Gasteiger partial charge on any atom is 0.341 e. The number of carbonyl (C=O) groups is 2. The zero-order valence-electron chi connectivity index (χ0n) is 12.4. The van der Waals surface area contributed by atoms with Gasteiger partial charge in [0.25, 0.3) is 5.91 Å². The van der Waals surface area contributed by atoms with Crippen LogP contribution in [0.3, 0.4) is 0 Å². The first-order valence-electron chi connectivity index (χ1n) is 6.47. The van der Waals surface area contributed by atoms with Crippen LogP contribution in [0.4, 0.5) is 4.39 Å². The number of hydrogen-bond acceptors (Lipinski definition) is 3. The topological polar surface area (TPSA) is 46.6 Å². The molecule has 0 fully saturated rings. The minimum absolute atomic E-state index is 0.000219. The molecule has 0 saturated carbocycles. The summed E-state index contributed by atoms with van der Waals surface area (Å²) in [6.45, 7) is 6.91. The summed E-state index contributed by atoms with van der Waals surface area (Å²) in [7, 11) is 1.63. The highest BCUT2D eigenvalue weighted by atomic mass is 19.1. The van der Waals surface area contributed by atoms with E-state index >= 15 is 0 Å². The van der Waals surface area contributed by atoms with Crippen molar-refractivity contribution < 1.29 is 18.7 Å². The van der Waals surface area contributed by atoms with Crippen LogP contribution in [0.5, 0.6) is 0 Å². The Kier molecular flexibility index (Phi) is 5.25. The fourth-order valence-electron chi connectivity index (χ4n) is 1.60. The van der Waals surface area contributed by atoms with E-state index in [9.17, 15) is 14.0 Å². The molecule has 0 saturated heterocycles. The van der Waals surface area contributed by atoms with Crippen LogP contribution in [0.2, 0.25) is 0 Å². The molecule has 20 heavy (non-hydrogen) atoms. The van der Waals surface area contributed by atoms with Crippen LogP contribution >= 0.6 is 0 Å². The molecule has 0 aliphatic rings. The largest absolute Gasteiger partial charge is 0.449 e. The predicted molar refractivity (Wildman–Crippen MR) is 73.9 cm³/mol. The molecule has 1 unspecified atom stereocenters. The van der Waals surface area contributed by atoms with Gasteiger partial charge in [0.2, 0.25) is 0 Å². The molecule has 0 radical (unpaired) electrons. The van der Waals surface area contributed by atoms with Crippen molar-refractivity contribution in [3.8, 4) is 0 Å². The highest BCUT2D eigenvalue weighted by Crippen LogP contribution is 2.13. The van der Waals surface area contributed by atoms with Crippen LogP contribution in [-0.2, 0) is 9.53 Å². The van der Waals surface area contributed by atoms with Crippen molar-refractivity contribution >= 4 is 11.9 Å². The van der Waals surface area contributed by atoms with Gasteiger partial charge in [-0.15, -0.1) is 0 Å². The first-order chi connectivity index (χ1) is 9.23. The molecule has 0 aliphatic carbocycles. The van der Waals surface area contributed by atoms with Crippen molar-refractivity contribution in [1.82, 2.24) is 4.90 Å². The summed E-state index contributed by atoms with van der Waals surface area (Å²) in [6.07, 6.45) is -0.949. The average molecular weight is 281 g/mol. The number of ether oxygens (including phenoxy) is 1. The van der Waals surface area contributed by atoms with E-state index in [2.05, 4.69) is 0 Å². The Balaban J connectivity index is 2.77. The molecule has 0 spiro atoms. The maximum atomic E-state index is 13.6. The summed E-state index contributed by atoms with van der Waals surface area (Å²) >= 11 is 0. The van der Waals surface area contributed by atoms with Gasteiger partial charge in [-0.25, -0.2) is 9.18 Å². The van der Waals surface area contributed by atoms with Gasteiger partial charge in [0.15, 0.2) is 6.10 Å². The van der Waals surface area contributed by atoms with Gasteiger partial charge < -0.3 is 9.64 Å². The Hall–Kier alpha value is -1.91. The lowest BCUT2D eigenvalue weighted by Crippen LogP contribution is -2.41. The van der Waals surface area contributed by atoms with E-state index < -0.39 is 17.9 Å². The molecule has 1 aromatic carbocycles. The summed E-state index contributed by atoms with van der Waals surface area (Å²) in [5.41, 5.74) is 0.546. The van der Waals surface area contributed by atoms with E-state index in [1.165, 1.54) is 24.0 Å². The van der Waals surface area contributed by atoms with E-state index in [0.29, 0.717) is 5.56 Å². The molecule has 1 atom stereocenters. The zero-order valence-corrected chi connectivity index (χ0v) is 12.4. The lowest BCUT2D eigenvalue weighted by Gasteiger charge is -2.24. The number of esters is 1. The molecular formula is C15H20FNO3. The smallest absolute Gasteiger partial charge is 0.341 e. The van der Waals surface area contributed by atoms with Gasteiger partial charge in [0.1, 0.15) is 5.82 Å². The molecule has 0 aliphatic heterocycles. The van der Waals surface area contributed by atoms with E-state index in [1.54, 1.807) is 20.0 Å². The Morgan fingerprint density at radius 3 is 2.35 bits per heavy atom. The summed E-state index contributed by atoms with van der Waals surface area (Å²) in [6, 6.07) is 4.23. The van der Waals surface area contributed by atoms with Gasteiger partial charge >= 0.3 is 5.97 Å². The quantitative estimate of drug-likeness (QED) is 0.797. The van der Waals surface area contributed by atoms with Crippen LogP contribution in [0.1, 0.15) is 36.7 Å². The molecule has 1 rings (SSSR count). The van der Waals surface area contributed by atoms with Crippen molar-refractivity contribution in [2.45, 2.75) is 39.8 Å². The molecule has 110 valence electrons. The molecule has 0 heterocycles. The first kappa shape index (κ1) is 16.1. The second-order valence-corrected chi connectivity index (χ2v) is 5.07. The Labute approximate surface area is 118 Å². The van der Waals surface area contributed by atoms with Gasteiger partial charge in [0.05, 0.1) is 5.56 Å². The van der Waals surface area contributed by atoms with Gasteiger partial charge in [-0.1, -0.05) is 6.07 Å². The minimum atomic E-state index is -0.949. The molecule has 1 amide bonds. The molecule has 1 aromatic rings. The number of hydrogen-bond donors (Lipinski definition) is 0. The van der Waals surface area contributed by atoms with Gasteiger partial charge in [-0.05, 0) is 45.4 Å². The maximum absolute atomic E-state index is 13.6. The molecule has 4 nitrogen and oxygen atoms in total. The third kappa shape index (κ3) is 3.79. The summed E-state index contributed by atoms with van der Waals surface area (Å²) < 4.78 is 18.7. The highest BCUT2D eigenvalue weighted by Gasteiger charge is 2.24. The second kappa shape index (κ2) is 6.50. The zero-order chi connectivity index (χ0) is 15.4. The van der Waals surface area contributed by atoms with Crippen LogP contribution in [0.15, 0.2) is 18.2 Å². The van der Waals surface area contributed by atoms with Crippen LogP contribution in [-0.4, -0.2) is 36.0 Å². The van der Waals surface area contributed by atoms with E-state index in [1.807, 2.05) is 13.8 Å². The normalized spacial score (nSPS) is 12.2. The average Bonchev–Trinajstić information content (AvgIpc) is 2.36. The summed E-state index contributed by atoms with van der Waals surface area (Å²) in [5.74, 6) is -1.80. The lowest BCUT2D eigenvalue weighted by molar-refractivity contribution is -0.140. The number of nitrogens with zero attached hydrogens (tertiary/aromatic N) is 1. The number of likely N-dealkylation sites (N-methyl/N-ethyl adjacent to an activating group) is 1. The number of aryl methyl sites for hydroxylation is 1. The third-order valence-electron chi connectivity index (χ3n) is 3.10. The van der Waals surface area contributed by atoms with Gasteiger partial charge in [-0.2, -0.15) is 0 Å². The SMILES string of the molecule is Cc1ccc(C(=O)OC(C)C(=O)N(C)C(C)C)c(F)c1. The van der Waals surface area contributed by atoms with E-state index in [0.717, 1.165) is 0 Å². The predicted octanol–water partition coefficient (Wildman–Crippen LogP) is 2.55. The van der Waals surface area contributed by atoms with Crippen molar-refractivity contribution in [3.63, 3.8) is 0 Å². The number of carbonyl (C=O) groups excluding carboxylic acids is 2. The van der Waals surface area contributed by atoms with E-state index in [-0.39, 0.29) is 17.5 Å². The molecule has 0 bridgehead atoms. The van der Waals surface area contributed by atoms with E-state index in [4.69, 9.17) is 4.74 Å². The Morgan fingerprint density at radius 2 is 1.85 bits per heavy atom.